The van der Waals surface area contributed by atoms with Crippen molar-refractivity contribution >= 4 is 11.7 Å². The summed E-state index contributed by atoms with van der Waals surface area (Å²) < 4.78 is 13.0. The van der Waals surface area contributed by atoms with Crippen LogP contribution in [0.2, 0.25) is 0 Å². The van der Waals surface area contributed by atoms with Crippen LogP contribution in [0.5, 0.6) is 0 Å². The first-order valence-corrected chi connectivity index (χ1v) is 7.35. The molecular weight excluding hydrogens is 279 g/mol. The van der Waals surface area contributed by atoms with Crippen molar-refractivity contribution in [2.24, 2.45) is 0 Å². The zero-order valence-electron chi connectivity index (χ0n) is 13.1. The molecule has 0 aliphatic rings. The molecular formula is C18H21FN2O. The molecule has 0 aliphatic heterocycles. The van der Waals surface area contributed by atoms with Gasteiger partial charge in [-0.05, 0) is 49.6 Å². The number of aryl methyl sites for hydroxylation is 1. The normalized spacial score (nSPS) is 11.1. The Morgan fingerprint density at radius 2 is 1.73 bits per heavy atom. The first kappa shape index (κ1) is 16.0. The number of carbonyl (C=O) groups excluding carboxylic acids is 1. The first-order chi connectivity index (χ1) is 10.4. The fourth-order valence-electron chi connectivity index (χ4n) is 2.33. The van der Waals surface area contributed by atoms with E-state index in [-0.39, 0.29) is 11.8 Å². The Balaban J connectivity index is 2.09. The van der Waals surface area contributed by atoms with Gasteiger partial charge < -0.3 is 10.6 Å². The molecule has 3 nitrogen and oxygen atoms in total. The van der Waals surface area contributed by atoms with Crippen molar-refractivity contribution in [2.75, 3.05) is 5.32 Å². The van der Waals surface area contributed by atoms with E-state index >= 15 is 0 Å². The molecule has 116 valence electrons. The molecule has 22 heavy (non-hydrogen) atoms. The fraction of sp³-hybridized carbons (Fsp3) is 0.278. The quantitative estimate of drug-likeness (QED) is 0.861. The van der Waals surface area contributed by atoms with Crippen molar-refractivity contribution < 1.29 is 9.18 Å². The van der Waals surface area contributed by atoms with E-state index in [0.717, 1.165) is 23.2 Å². The Morgan fingerprint density at radius 3 is 2.36 bits per heavy atom. The molecule has 2 aromatic carbocycles. The lowest BCUT2D eigenvalue weighted by Gasteiger charge is -2.27. The predicted molar refractivity (Wildman–Crippen MR) is 87.4 cm³/mol. The number of para-hydroxylation sites is 1. The number of hydrogen-bond acceptors (Lipinski definition) is 1. The second-order valence-electron chi connectivity index (χ2n) is 5.72. The van der Waals surface area contributed by atoms with E-state index in [2.05, 4.69) is 10.6 Å². The summed E-state index contributed by atoms with van der Waals surface area (Å²) in [4.78, 5) is 12.2. The minimum Gasteiger partial charge on any atom is -0.329 e. The van der Waals surface area contributed by atoms with Gasteiger partial charge in [0.15, 0.2) is 0 Å². The summed E-state index contributed by atoms with van der Waals surface area (Å²) in [5, 5.41) is 5.79. The average Bonchev–Trinajstić information content (AvgIpc) is 2.47. The zero-order valence-corrected chi connectivity index (χ0v) is 13.1. The molecule has 0 aromatic heterocycles. The Kier molecular flexibility index (Phi) is 4.81. The van der Waals surface area contributed by atoms with Crippen molar-refractivity contribution in [3.05, 3.63) is 65.5 Å². The molecule has 0 radical (unpaired) electrons. The highest BCUT2D eigenvalue weighted by Crippen LogP contribution is 2.21. The average molecular weight is 300 g/mol. The molecule has 2 aromatic rings. The molecule has 0 atom stereocenters. The molecule has 0 spiro atoms. The smallest absolute Gasteiger partial charge is 0.319 e. The van der Waals surface area contributed by atoms with Crippen LogP contribution in [0.1, 0.15) is 31.9 Å². The number of carbonyl (C=O) groups is 1. The molecule has 0 heterocycles. The van der Waals surface area contributed by atoms with E-state index in [9.17, 15) is 9.18 Å². The third kappa shape index (κ3) is 3.85. The van der Waals surface area contributed by atoms with Crippen LogP contribution in [-0.2, 0) is 12.0 Å². The van der Waals surface area contributed by atoms with E-state index in [1.807, 2.05) is 45.0 Å². The summed E-state index contributed by atoms with van der Waals surface area (Å²) in [6.07, 6.45) is 0.845. The van der Waals surface area contributed by atoms with Gasteiger partial charge in [-0.15, -0.1) is 0 Å². The maximum absolute atomic E-state index is 13.0. The number of rotatable bonds is 4. The summed E-state index contributed by atoms with van der Waals surface area (Å²) in [5.41, 5.74) is 2.13. The number of hydrogen-bond donors (Lipinski definition) is 2. The van der Waals surface area contributed by atoms with Crippen LogP contribution in [0.15, 0.2) is 48.5 Å². The van der Waals surface area contributed by atoms with Crippen LogP contribution in [0.25, 0.3) is 0 Å². The Hall–Kier alpha value is -2.36. The van der Waals surface area contributed by atoms with E-state index in [1.165, 1.54) is 12.1 Å². The third-order valence-corrected chi connectivity index (χ3v) is 3.64. The lowest BCUT2D eigenvalue weighted by molar-refractivity contribution is 0.242. The van der Waals surface area contributed by atoms with Gasteiger partial charge in [-0.2, -0.15) is 0 Å². The van der Waals surface area contributed by atoms with Gasteiger partial charge in [0.2, 0.25) is 0 Å². The van der Waals surface area contributed by atoms with Crippen molar-refractivity contribution in [2.45, 2.75) is 32.7 Å². The zero-order chi connectivity index (χ0) is 16.2. The highest BCUT2D eigenvalue weighted by atomic mass is 19.1. The molecule has 0 saturated heterocycles. The van der Waals surface area contributed by atoms with E-state index in [0.29, 0.717) is 0 Å². The second-order valence-corrected chi connectivity index (χ2v) is 5.72. The van der Waals surface area contributed by atoms with Crippen LogP contribution in [0.3, 0.4) is 0 Å². The summed E-state index contributed by atoms with van der Waals surface area (Å²) in [6.45, 7) is 5.80. The highest BCUT2D eigenvalue weighted by Gasteiger charge is 2.23. The van der Waals surface area contributed by atoms with Gasteiger partial charge in [0.05, 0.1) is 5.54 Å². The summed E-state index contributed by atoms with van der Waals surface area (Å²) in [7, 11) is 0. The van der Waals surface area contributed by atoms with Crippen LogP contribution >= 0.6 is 0 Å². The van der Waals surface area contributed by atoms with Crippen molar-refractivity contribution in [1.29, 1.82) is 0 Å². The molecule has 4 heteroatoms. The van der Waals surface area contributed by atoms with Crippen LogP contribution in [-0.4, -0.2) is 6.03 Å². The van der Waals surface area contributed by atoms with Gasteiger partial charge in [0.25, 0.3) is 0 Å². The van der Waals surface area contributed by atoms with Crippen LogP contribution in [0, 0.1) is 5.82 Å². The number of halogens is 1. The summed E-state index contributed by atoms with van der Waals surface area (Å²) >= 11 is 0. The van der Waals surface area contributed by atoms with Gasteiger partial charge in [0, 0.05) is 5.69 Å². The molecule has 2 amide bonds. The summed E-state index contributed by atoms with van der Waals surface area (Å²) in [6, 6.07) is 13.6. The molecule has 0 saturated carbocycles. The molecule has 0 fully saturated rings. The first-order valence-electron chi connectivity index (χ1n) is 7.35. The standard InChI is InChI=1S/C18H21FN2O/c1-4-13-7-5-6-8-16(13)20-17(22)21-18(2,3)14-9-11-15(19)12-10-14/h5-12H,4H2,1-3H3,(H2,20,21,22). The van der Waals surface area contributed by atoms with Crippen LogP contribution < -0.4 is 10.6 Å². The molecule has 2 rings (SSSR count). The fourth-order valence-corrected chi connectivity index (χ4v) is 2.33. The number of anilines is 1. The number of urea groups is 1. The largest absolute Gasteiger partial charge is 0.329 e. The SMILES string of the molecule is CCc1ccccc1NC(=O)NC(C)(C)c1ccc(F)cc1. The monoisotopic (exact) mass is 300 g/mol. The maximum atomic E-state index is 13.0. The Morgan fingerprint density at radius 1 is 1.09 bits per heavy atom. The molecule has 0 unspecified atom stereocenters. The topological polar surface area (TPSA) is 41.1 Å². The highest BCUT2D eigenvalue weighted by molar-refractivity contribution is 5.90. The van der Waals surface area contributed by atoms with Crippen LogP contribution in [0.4, 0.5) is 14.9 Å². The number of amides is 2. The predicted octanol–water partition coefficient (Wildman–Crippen LogP) is 4.44. The number of nitrogens with one attached hydrogen (secondary N) is 2. The molecule has 0 aliphatic carbocycles. The van der Waals surface area contributed by atoms with Gasteiger partial charge in [0.1, 0.15) is 5.82 Å². The second kappa shape index (κ2) is 6.60. The van der Waals surface area contributed by atoms with Gasteiger partial charge in [-0.25, -0.2) is 9.18 Å². The van der Waals surface area contributed by atoms with Gasteiger partial charge in [-0.3, -0.25) is 0 Å². The summed E-state index contributed by atoms with van der Waals surface area (Å²) in [5.74, 6) is -0.291. The van der Waals surface area contributed by atoms with Gasteiger partial charge >= 0.3 is 6.03 Å². The van der Waals surface area contributed by atoms with Crippen molar-refractivity contribution in [3.63, 3.8) is 0 Å². The third-order valence-electron chi connectivity index (χ3n) is 3.64. The lowest BCUT2D eigenvalue weighted by atomic mass is 9.94. The molecule has 0 bridgehead atoms. The minimum atomic E-state index is -0.598. The van der Waals surface area contributed by atoms with E-state index in [1.54, 1.807) is 12.1 Å². The Bertz CT molecular complexity index is 650. The Labute approximate surface area is 130 Å². The molecule has 2 N–H and O–H groups in total. The van der Waals surface area contributed by atoms with E-state index in [4.69, 9.17) is 0 Å². The number of benzene rings is 2. The van der Waals surface area contributed by atoms with Crippen molar-refractivity contribution in [3.8, 4) is 0 Å². The minimum absolute atomic E-state index is 0.282. The van der Waals surface area contributed by atoms with Gasteiger partial charge in [-0.1, -0.05) is 37.3 Å². The van der Waals surface area contributed by atoms with E-state index < -0.39 is 5.54 Å². The van der Waals surface area contributed by atoms with Crippen molar-refractivity contribution in [1.82, 2.24) is 5.32 Å². The maximum Gasteiger partial charge on any atom is 0.319 e. The lowest BCUT2D eigenvalue weighted by Crippen LogP contribution is -2.43.